The van der Waals surface area contributed by atoms with E-state index in [9.17, 15) is 9.59 Å². The van der Waals surface area contributed by atoms with Gasteiger partial charge in [0.25, 0.3) is 5.91 Å². The molecule has 0 fully saturated rings. The Bertz CT molecular complexity index is 1280. The number of para-hydroxylation sites is 2. The number of carbonyl (C=O) groups excluding carboxylic acids is 2. The first-order chi connectivity index (χ1) is 15.2. The van der Waals surface area contributed by atoms with Crippen LogP contribution in [0.2, 0.25) is 0 Å². The van der Waals surface area contributed by atoms with Gasteiger partial charge in [0, 0.05) is 34.7 Å². The van der Waals surface area contributed by atoms with Gasteiger partial charge in [0.05, 0.1) is 11.3 Å². The van der Waals surface area contributed by atoms with Gasteiger partial charge >= 0.3 is 0 Å². The number of H-pyrrole nitrogens is 1. The number of pyridine rings is 1. The Morgan fingerprint density at radius 3 is 2.84 bits per heavy atom. The minimum absolute atomic E-state index is 0.0430. The van der Waals surface area contributed by atoms with Gasteiger partial charge in [0.1, 0.15) is 11.6 Å². The highest BCUT2D eigenvalue weighted by molar-refractivity contribution is 7.99. The molecule has 2 aromatic carbocycles. The second-order valence-electron chi connectivity index (χ2n) is 7.28. The minimum Gasteiger partial charge on any atom is -0.361 e. The van der Waals surface area contributed by atoms with Crippen molar-refractivity contribution in [2.45, 2.75) is 16.3 Å². The lowest BCUT2D eigenvalue weighted by Gasteiger charge is -2.22. The van der Waals surface area contributed by atoms with E-state index in [0.29, 0.717) is 23.6 Å². The molecule has 31 heavy (non-hydrogen) atoms. The third-order valence-corrected chi connectivity index (χ3v) is 6.39. The number of amides is 2. The zero-order valence-corrected chi connectivity index (χ0v) is 17.5. The maximum Gasteiger partial charge on any atom is 0.261 e. The Labute approximate surface area is 183 Å². The largest absolute Gasteiger partial charge is 0.361 e. The molecular formula is C24H20N4O2S. The third-order valence-electron chi connectivity index (χ3n) is 5.30. The molecular weight excluding hydrogens is 408 g/mol. The van der Waals surface area contributed by atoms with E-state index in [1.165, 1.54) is 16.7 Å². The Hall–Kier alpha value is -3.58. The molecule has 0 saturated carbocycles. The number of hydrogen-bond donors (Lipinski definition) is 2. The highest BCUT2D eigenvalue weighted by atomic mass is 32.2. The molecule has 1 aliphatic rings. The van der Waals surface area contributed by atoms with Gasteiger partial charge < -0.3 is 10.3 Å². The molecule has 6 nitrogen and oxygen atoms in total. The number of anilines is 1. The number of nitrogens with one attached hydrogen (secondary N) is 2. The summed E-state index contributed by atoms with van der Waals surface area (Å²) in [5.41, 5.74) is 3.47. The lowest BCUT2D eigenvalue weighted by Crippen LogP contribution is -2.41. The van der Waals surface area contributed by atoms with Crippen molar-refractivity contribution in [1.29, 1.82) is 0 Å². The van der Waals surface area contributed by atoms with Crippen LogP contribution < -0.4 is 10.2 Å². The van der Waals surface area contributed by atoms with E-state index < -0.39 is 0 Å². The summed E-state index contributed by atoms with van der Waals surface area (Å²) in [6.07, 6.45) is 4.37. The van der Waals surface area contributed by atoms with Gasteiger partial charge in [-0.2, -0.15) is 0 Å². The quantitative estimate of drug-likeness (QED) is 0.503. The summed E-state index contributed by atoms with van der Waals surface area (Å²) in [4.78, 5) is 36.0. The molecule has 0 spiro atoms. The molecule has 2 N–H and O–H groups in total. The number of aromatic nitrogens is 2. The Morgan fingerprint density at radius 2 is 1.90 bits per heavy atom. The average molecular weight is 429 g/mol. The molecule has 1 aliphatic heterocycles. The fourth-order valence-electron chi connectivity index (χ4n) is 3.79. The third kappa shape index (κ3) is 3.80. The SMILES string of the molecule is O=C(CN1C(=O)c2cccnc2Sc2ccccc21)NCCc1c[nH]c2ccccc12. The monoisotopic (exact) mass is 428 g/mol. The van der Waals surface area contributed by atoms with Gasteiger partial charge in [0.15, 0.2) is 0 Å². The number of benzene rings is 2. The van der Waals surface area contributed by atoms with Crippen molar-refractivity contribution in [1.82, 2.24) is 15.3 Å². The van der Waals surface area contributed by atoms with E-state index in [0.717, 1.165) is 27.0 Å². The van der Waals surface area contributed by atoms with Gasteiger partial charge in [-0.1, -0.05) is 42.1 Å². The van der Waals surface area contributed by atoms with E-state index in [-0.39, 0.29) is 18.4 Å². The molecule has 3 heterocycles. The first-order valence-corrected chi connectivity index (χ1v) is 10.9. The Morgan fingerprint density at radius 1 is 1.06 bits per heavy atom. The summed E-state index contributed by atoms with van der Waals surface area (Å²) in [5, 5.41) is 4.78. The van der Waals surface area contributed by atoms with Crippen LogP contribution in [0.15, 0.2) is 83.0 Å². The predicted molar refractivity (Wildman–Crippen MR) is 121 cm³/mol. The molecule has 0 saturated heterocycles. The van der Waals surface area contributed by atoms with Crippen molar-refractivity contribution in [3.05, 3.63) is 84.2 Å². The number of nitrogens with zero attached hydrogens (tertiary/aromatic N) is 2. The van der Waals surface area contributed by atoms with E-state index in [2.05, 4.69) is 21.4 Å². The van der Waals surface area contributed by atoms with Crippen LogP contribution in [0.4, 0.5) is 5.69 Å². The molecule has 7 heteroatoms. The standard InChI is InChI=1S/C24H20N4O2S/c29-22(25-13-11-16-14-27-19-8-2-1-6-17(16)19)15-28-20-9-3-4-10-21(20)31-23-18(24(28)30)7-5-12-26-23/h1-10,12,14,27H,11,13,15H2,(H,25,29). The molecule has 0 radical (unpaired) electrons. The molecule has 0 aliphatic carbocycles. The lowest BCUT2D eigenvalue weighted by atomic mass is 10.1. The van der Waals surface area contributed by atoms with Gasteiger partial charge in [-0.3, -0.25) is 14.5 Å². The topological polar surface area (TPSA) is 78.1 Å². The zero-order chi connectivity index (χ0) is 21.2. The highest BCUT2D eigenvalue weighted by Gasteiger charge is 2.29. The second-order valence-corrected chi connectivity index (χ2v) is 8.31. The number of aromatic amines is 1. The maximum atomic E-state index is 13.2. The predicted octanol–water partition coefficient (Wildman–Crippen LogP) is 4.03. The van der Waals surface area contributed by atoms with Gasteiger partial charge in [-0.25, -0.2) is 4.98 Å². The highest BCUT2D eigenvalue weighted by Crippen LogP contribution is 2.39. The normalized spacial score (nSPS) is 12.9. The summed E-state index contributed by atoms with van der Waals surface area (Å²) in [6, 6.07) is 19.2. The molecule has 0 bridgehead atoms. The van der Waals surface area contributed by atoms with Gasteiger partial charge in [-0.05, 0) is 42.3 Å². The second kappa shape index (κ2) is 8.28. The minimum atomic E-state index is -0.215. The van der Waals surface area contributed by atoms with Crippen molar-refractivity contribution in [2.75, 3.05) is 18.0 Å². The molecule has 0 atom stereocenters. The molecule has 5 rings (SSSR count). The van der Waals surface area contributed by atoms with Crippen molar-refractivity contribution < 1.29 is 9.59 Å². The summed E-state index contributed by atoms with van der Waals surface area (Å²) >= 11 is 1.45. The molecule has 154 valence electrons. The fourth-order valence-corrected chi connectivity index (χ4v) is 4.81. The number of rotatable bonds is 5. The number of fused-ring (bicyclic) bond motifs is 3. The number of hydrogen-bond acceptors (Lipinski definition) is 4. The van der Waals surface area contributed by atoms with Crippen LogP contribution in [0.5, 0.6) is 0 Å². The Balaban J connectivity index is 1.31. The van der Waals surface area contributed by atoms with Crippen LogP contribution in [0, 0.1) is 0 Å². The van der Waals surface area contributed by atoms with Crippen molar-refractivity contribution in [3.63, 3.8) is 0 Å². The van der Waals surface area contributed by atoms with Crippen LogP contribution in [0.1, 0.15) is 15.9 Å². The van der Waals surface area contributed by atoms with E-state index >= 15 is 0 Å². The van der Waals surface area contributed by atoms with Gasteiger partial charge in [0.2, 0.25) is 5.91 Å². The number of carbonyl (C=O) groups is 2. The summed E-state index contributed by atoms with van der Waals surface area (Å²) in [5.74, 6) is -0.410. The van der Waals surface area contributed by atoms with Crippen LogP contribution in [0.3, 0.4) is 0 Å². The maximum absolute atomic E-state index is 13.2. The van der Waals surface area contributed by atoms with Crippen molar-refractivity contribution in [2.24, 2.45) is 0 Å². The first kappa shape index (κ1) is 19.4. The zero-order valence-electron chi connectivity index (χ0n) is 16.7. The van der Waals surface area contributed by atoms with E-state index in [1.807, 2.05) is 48.7 Å². The molecule has 4 aromatic rings. The van der Waals surface area contributed by atoms with Crippen LogP contribution in [-0.4, -0.2) is 34.9 Å². The summed E-state index contributed by atoms with van der Waals surface area (Å²) < 4.78 is 0. The first-order valence-electron chi connectivity index (χ1n) is 10.1. The van der Waals surface area contributed by atoms with Crippen LogP contribution in [-0.2, 0) is 11.2 Å². The molecule has 2 amide bonds. The molecule has 0 unspecified atom stereocenters. The summed E-state index contributed by atoms with van der Waals surface area (Å²) in [7, 11) is 0. The van der Waals surface area contributed by atoms with Crippen LogP contribution >= 0.6 is 11.8 Å². The summed E-state index contributed by atoms with van der Waals surface area (Å²) in [6.45, 7) is 0.454. The average Bonchev–Trinajstić information content (AvgIpc) is 3.16. The van der Waals surface area contributed by atoms with E-state index in [4.69, 9.17) is 0 Å². The van der Waals surface area contributed by atoms with Crippen molar-refractivity contribution in [3.8, 4) is 0 Å². The smallest absolute Gasteiger partial charge is 0.261 e. The fraction of sp³-hybridized carbons (Fsp3) is 0.125. The van der Waals surface area contributed by atoms with Gasteiger partial charge in [-0.15, -0.1) is 0 Å². The van der Waals surface area contributed by atoms with Crippen molar-refractivity contribution >= 4 is 40.2 Å². The molecule has 2 aromatic heterocycles. The lowest BCUT2D eigenvalue weighted by molar-refractivity contribution is -0.119. The van der Waals surface area contributed by atoms with Crippen LogP contribution in [0.25, 0.3) is 10.9 Å². The van der Waals surface area contributed by atoms with E-state index in [1.54, 1.807) is 18.3 Å². The Kier molecular flexibility index (Phi) is 5.18.